The number of aromatic nitrogens is 4. The summed E-state index contributed by atoms with van der Waals surface area (Å²) < 4.78 is 34.8. The first-order valence-corrected chi connectivity index (χ1v) is 15.6. The van der Waals surface area contributed by atoms with Crippen molar-refractivity contribution < 1.29 is 18.3 Å². The zero-order valence-electron chi connectivity index (χ0n) is 25.7. The van der Waals surface area contributed by atoms with Crippen molar-refractivity contribution in [1.29, 1.82) is 5.26 Å². The van der Waals surface area contributed by atoms with Crippen LogP contribution in [0.5, 0.6) is 0 Å². The Bertz CT molecular complexity index is 1710. The highest BCUT2D eigenvalue weighted by molar-refractivity contribution is 5.94. The number of amides is 1. The summed E-state index contributed by atoms with van der Waals surface area (Å²) in [4.78, 5) is 26.0. The molecule has 4 heterocycles. The largest absolute Gasteiger partial charge is 0.378 e. The summed E-state index contributed by atoms with van der Waals surface area (Å²) in [6, 6.07) is 13.4. The highest BCUT2D eigenvalue weighted by Gasteiger charge is 2.28. The van der Waals surface area contributed by atoms with Crippen LogP contribution in [0.2, 0.25) is 0 Å². The van der Waals surface area contributed by atoms with Gasteiger partial charge in [-0.3, -0.25) is 9.48 Å². The molecule has 2 aliphatic rings. The van der Waals surface area contributed by atoms with Crippen molar-refractivity contribution in [2.24, 2.45) is 5.92 Å². The Labute approximate surface area is 266 Å². The number of hydrogen-bond donors (Lipinski definition) is 1. The van der Waals surface area contributed by atoms with E-state index in [1.54, 1.807) is 17.3 Å². The number of carbonyl (C=O) groups is 1. The number of nitrogens with one attached hydrogen (secondary N) is 1. The first-order chi connectivity index (χ1) is 22.4. The monoisotopic (exact) mass is 626 g/mol. The second-order valence-electron chi connectivity index (χ2n) is 11.8. The maximum absolute atomic E-state index is 14.2. The zero-order chi connectivity index (χ0) is 32.0. The summed E-state index contributed by atoms with van der Waals surface area (Å²) in [5.74, 6) is -1.26. The molecule has 46 heavy (non-hydrogen) atoms. The van der Waals surface area contributed by atoms with Crippen molar-refractivity contribution >= 4 is 23.2 Å². The van der Waals surface area contributed by atoms with E-state index in [1.807, 2.05) is 29.9 Å². The van der Waals surface area contributed by atoms with Crippen molar-refractivity contribution in [2.45, 2.75) is 38.6 Å². The lowest BCUT2D eigenvalue weighted by molar-refractivity contribution is 0.0674. The van der Waals surface area contributed by atoms with Crippen molar-refractivity contribution in [2.75, 3.05) is 49.6 Å². The number of nitrogens with zero attached hydrogens (tertiary/aromatic N) is 7. The fourth-order valence-corrected chi connectivity index (χ4v) is 6.14. The lowest BCUT2D eigenvalue weighted by Crippen LogP contribution is -2.39. The average Bonchev–Trinajstić information content (AvgIpc) is 3.56. The van der Waals surface area contributed by atoms with Gasteiger partial charge in [-0.05, 0) is 74.1 Å². The Hall–Kier alpha value is -4.89. The van der Waals surface area contributed by atoms with E-state index in [4.69, 9.17) is 9.72 Å². The number of piperidine rings is 1. The van der Waals surface area contributed by atoms with Crippen LogP contribution in [-0.4, -0.2) is 69.9 Å². The molecule has 1 N–H and O–H groups in total. The number of morpholine rings is 1. The minimum Gasteiger partial charge on any atom is -0.378 e. The van der Waals surface area contributed by atoms with E-state index in [9.17, 15) is 18.8 Å². The number of rotatable bonds is 9. The van der Waals surface area contributed by atoms with E-state index < -0.39 is 17.5 Å². The van der Waals surface area contributed by atoms with Gasteiger partial charge in [-0.2, -0.15) is 10.4 Å². The number of hydrogen-bond acceptors (Lipinski definition) is 8. The molecular formula is C34H36F2N8O2. The third-order valence-corrected chi connectivity index (χ3v) is 8.72. The molecule has 4 aromatic rings. The Morgan fingerprint density at radius 3 is 2.57 bits per heavy atom. The van der Waals surface area contributed by atoms with Gasteiger partial charge in [0.2, 0.25) is 5.95 Å². The van der Waals surface area contributed by atoms with Crippen molar-refractivity contribution in [3.8, 4) is 17.3 Å². The van der Waals surface area contributed by atoms with Crippen LogP contribution in [-0.2, 0) is 4.74 Å². The van der Waals surface area contributed by atoms with Gasteiger partial charge in [-0.25, -0.2) is 18.7 Å². The standard InChI is InChI=1S/C34H36F2N8O2/c1-23-20-38-34(40-27-3-5-28(6-4-27)42-14-16-46-17-15-42)41-32(23)25-21-39-44(22-25)29(8-11-37)18-24-9-12-43(13-10-24)33(45)30-7-2-26(35)19-31(30)36/h2-7,19-22,24,29H,8-10,12-18H2,1H3,(H,38,40,41). The minimum atomic E-state index is -0.851. The average molecular weight is 627 g/mol. The predicted octanol–water partition coefficient (Wildman–Crippen LogP) is 5.90. The fourth-order valence-electron chi connectivity index (χ4n) is 6.14. The zero-order valence-corrected chi connectivity index (χ0v) is 25.7. The third kappa shape index (κ3) is 7.15. The van der Waals surface area contributed by atoms with Crippen LogP contribution >= 0.6 is 0 Å². The van der Waals surface area contributed by atoms with E-state index in [-0.39, 0.29) is 23.9 Å². The molecule has 2 fully saturated rings. The Morgan fingerprint density at radius 1 is 1.09 bits per heavy atom. The van der Waals surface area contributed by atoms with Crippen LogP contribution in [0, 0.1) is 35.8 Å². The fraction of sp³-hybridized carbons (Fsp3) is 0.382. The summed E-state index contributed by atoms with van der Waals surface area (Å²) >= 11 is 0. The SMILES string of the molecule is Cc1cnc(Nc2ccc(N3CCOCC3)cc2)nc1-c1cnn(C(CC#N)CC2CCN(C(=O)c3ccc(F)cc3F)CC2)c1. The third-order valence-electron chi connectivity index (χ3n) is 8.72. The summed E-state index contributed by atoms with van der Waals surface area (Å²) in [5, 5.41) is 17.5. The number of aryl methyl sites for hydroxylation is 1. The van der Waals surface area contributed by atoms with Crippen LogP contribution in [0.4, 0.5) is 26.1 Å². The lowest BCUT2D eigenvalue weighted by atomic mass is 9.89. The van der Waals surface area contributed by atoms with Gasteiger partial charge in [-0.1, -0.05) is 0 Å². The summed E-state index contributed by atoms with van der Waals surface area (Å²) in [6.07, 6.45) is 7.92. The van der Waals surface area contributed by atoms with Crippen LogP contribution in [0.1, 0.15) is 47.6 Å². The molecule has 0 radical (unpaired) electrons. The summed E-state index contributed by atoms with van der Waals surface area (Å²) in [6.45, 7) is 6.11. The first-order valence-electron chi connectivity index (χ1n) is 15.6. The van der Waals surface area contributed by atoms with E-state index >= 15 is 0 Å². The Morgan fingerprint density at radius 2 is 1.85 bits per heavy atom. The smallest absolute Gasteiger partial charge is 0.256 e. The van der Waals surface area contributed by atoms with Crippen LogP contribution < -0.4 is 10.2 Å². The molecule has 1 atom stereocenters. The number of benzene rings is 2. The normalized spacial score (nSPS) is 16.2. The Balaban J connectivity index is 1.09. The number of ether oxygens (including phenoxy) is 1. The van der Waals surface area contributed by atoms with Gasteiger partial charge < -0.3 is 19.9 Å². The second kappa shape index (κ2) is 14.0. The molecule has 10 nitrogen and oxygen atoms in total. The predicted molar refractivity (Wildman–Crippen MR) is 170 cm³/mol. The van der Waals surface area contributed by atoms with Crippen LogP contribution in [0.25, 0.3) is 11.3 Å². The molecule has 12 heteroatoms. The van der Waals surface area contributed by atoms with Gasteiger partial charge in [0.15, 0.2) is 0 Å². The summed E-state index contributed by atoms with van der Waals surface area (Å²) in [5.41, 5.74) is 4.40. The molecule has 238 valence electrons. The summed E-state index contributed by atoms with van der Waals surface area (Å²) in [7, 11) is 0. The van der Waals surface area contributed by atoms with Gasteiger partial charge in [0.1, 0.15) is 11.6 Å². The lowest BCUT2D eigenvalue weighted by Gasteiger charge is -2.33. The van der Waals surface area contributed by atoms with E-state index in [0.29, 0.717) is 19.0 Å². The first kappa shape index (κ1) is 31.1. The quantitative estimate of drug-likeness (QED) is 0.244. The number of anilines is 3. The number of likely N-dealkylation sites (tertiary alicyclic amines) is 1. The van der Waals surface area contributed by atoms with Crippen molar-refractivity contribution in [3.05, 3.63) is 83.8 Å². The van der Waals surface area contributed by atoms with Gasteiger partial charge in [-0.15, -0.1) is 0 Å². The second-order valence-corrected chi connectivity index (χ2v) is 11.8. The molecule has 2 aliphatic heterocycles. The Kier molecular flexibility index (Phi) is 9.49. The van der Waals surface area contributed by atoms with Gasteiger partial charge >= 0.3 is 0 Å². The highest BCUT2D eigenvalue weighted by Crippen LogP contribution is 2.31. The molecule has 1 amide bonds. The van der Waals surface area contributed by atoms with Crippen molar-refractivity contribution in [3.63, 3.8) is 0 Å². The molecule has 2 aromatic heterocycles. The molecule has 0 bridgehead atoms. The highest BCUT2D eigenvalue weighted by atomic mass is 19.1. The van der Waals surface area contributed by atoms with Crippen LogP contribution in [0.3, 0.4) is 0 Å². The van der Waals surface area contributed by atoms with Gasteiger partial charge in [0.05, 0.1) is 49.2 Å². The maximum Gasteiger partial charge on any atom is 0.256 e. The van der Waals surface area contributed by atoms with Gasteiger partial charge in [0.25, 0.3) is 5.91 Å². The van der Waals surface area contributed by atoms with E-state index in [2.05, 4.69) is 38.5 Å². The van der Waals surface area contributed by atoms with E-state index in [0.717, 1.165) is 85.9 Å². The number of nitriles is 1. The minimum absolute atomic E-state index is 0.119. The number of carbonyl (C=O) groups excluding carboxylic acids is 1. The molecule has 6 rings (SSSR count). The van der Waals surface area contributed by atoms with E-state index in [1.165, 1.54) is 6.07 Å². The topological polar surface area (TPSA) is 112 Å². The van der Waals surface area contributed by atoms with Crippen LogP contribution in [0.15, 0.2) is 61.1 Å². The molecule has 1 unspecified atom stereocenters. The maximum atomic E-state index is 14.2. The molecule has 0 aliphatic carbocycles. The molecule has 2 aromatic carbocycles. The molecule has 2 saturated heterocycles. The van der Waals surface area contributed by atoms with Crippen molar-refractivity contribution in [1.82, 2.24) is 24.6 Å². The molecular weight excluding hydrogens is 590 g/mol. The van der Waals surface area contributed by atoms with Gasteiger partial charge in [0, 0.05) is 61.6 Å². The molecule has 0 spiro atoms. The number of halogens is 2. The molecule has 0 saturated carbocycles.